The van der Waals surface area contributed by atoms with Gasteiger partial charge in [-0.2, -0.15) is 0 Å². The Labute approximate surface area is 254 Å². The van der Waals surface area contributed by atoms with Crippen LogP contribution in [-0.4, -0.2) is 95.3 Å². The Kier molecular flexibility index (Phi) is 13.6. The number of ketones is 1. The monoisotopic (exact) mass is 704 g/mol. The number of aryl methyl sites for hydroxylation is 1. The van der Waals surface area contributed by atoms with Crippen LogP contribution in [0.4, 0.5) is 4.79 Å². The molecule has 2 rings (SSSR count). The second-order valence-corrected chi connectivity index (χ2v) is 11.1. The number of amides is 3. The number of carboxylic acid groups (broad SMARTS) is 1. The number of Topliss-reactive ketones (excluding diaryl/α,β-unsaturated/α-hetero) is 1. The predicted octanol–water partition coefficient (Wildman–Crippen LogP) is 1.51. The van der Waals surface area contributed by atoms with E-state index in [9.17, 15) is 29.1 Å². The van der Waals surface area contributed by atoms with Crippen LogP contribution < -0.4 is 16.0 Å². The van der Waals surface area contributed by atoms with E-state index in [-0.39, 0.29) is 24.1 Å². The van der Waals surface area contributed by atoms with Gasteiger partial charge in [-0.1, -0.05) is 52.9 Å². The number of nitrogens with one attached hydrogen (secondary N) is 3. The highest BCUT2D eigenvalue weighted by molar-refractivity contribution is 14.1. The maximum atomic E-state index is 13.5. The Morgan fingerprint density at radius 2 is 1.54 bits per heavy atom. The number of hydrogen-bond acceptors (Lipinski definition) is 10. The first-order chi connectivity index (χ1) is 19.4. The molecule has 0 aliphatic heterocycles. The summed E-state index contributed by atoms with van der Waals surface area (Å²) in [5.41, 5.74) is -1.05. The molecule has 13 nitrogen and oxygen atoms in total. The van der Waals surface area contributed by atoms with Crippen molar-refractivity contribution >= 4 is 63.6 Å². The zero-order valence-corrected chi connectivity index (χ0v) is 25.9. The highest BCUT2D eigenvalue weighted by Crippen LogP contribution is 2.20. The molecular formula is C26H33IN4O9S. The van der Waals surface area contributed by atoms with Crippen molar-refractivity contribution in [1.82, 2.24) is 20.9 Å². The molecule has 224 valence electrons. The zero-order chi connectivity index (χ0) is 30.6. The lowest BCUT2D eigenvalue weighted by atomic mass is 9.92. The van der Waals surface area contributed by atoms with E-state index in [1.807, 2.05) is 22.6 Å². The standard InChI is InChI=1S/C26H33IN4O9S/c1-15-28-11-20(41-15)24(35)31-19(13-39-4)23(34)30-18(12-38-3)22(33)29-17(10-16-8-6-5-7-9-16)21(32)26(2,14-27)40-25(36)37/h5-9,11,17-19H,10,12-14H2,1-4H3,(H,29,33)(H,30,34)(H,31,35)(H,36,37)/t17-,18-,19-,26+/m0/s1. The van der Waals surface area contributed by atoms with Gasteiger partial charge in [0.1, 0.15) is 17.0 Å². The lowest BCUT2D eigenvalue weighted by Crippen LogP contribution is -2.60. The minimum atomic E-state index is -1.75. The fourth-order valence-corrected chi connectivity index (χ4v) is 4.92. The van der Waals surface area contributed by atoms with Crippen LogP contribution in [0.5, 0.6) is 0 Å². The number of halogens is 1. The Balaban J connectivity index is 2.26. The van der Waals surface area contributed by atoms with Gasteiger partial charge in [-0.25, -0.2) is 9.78 Å². The molecule has 0 aliphatic carbocycles. The number of alkyl halides is 1. The number of carbonyl (C=O) groups is 5. The SMILES string of the molecule is COC[C@H](NC(=O)c1cnc(C)s1)C(=O)N[C@@H](COC)C(=O)N[C@@H](Cc1ccccc1)C(=O)[C@@](C)(CI)OC(=O)O. The molecule has 1 aromatic heterocycles. The number of aromatic nitrogens is 1. The molecule has 0 saturated heterocycles. The summed E-state index contributed by atoms with van der Waals surface area (Å²) >= 11 is 2.99. The summed E-state index contributed by atoms with van der Waals surface area (Å²) in [5.74, 6) is -2.69. The second kappa shape index (κ2) is 16.3. The number of nitrogens with zero attached hydrogens (tertiary/aromatic N) is 1. The molecule has 2 aromatic rings. The first kappa shape index (κ1) is 34.1. The maximum Gasteiger partial charge on any atom is 0.506 e. The molecule has 1 heterocycles. The summed E-state index contributed by atoms with van der Waals surface area (Å²) in [4.78, 5) is 68.3. The Morgan fingerprint density at radius 1 is 0.976 bits per heavy atom. The number of rotatable bonds is 16. The van der Waals surface area contributed by atoms with Crippen LogP contribution in [0.2, 0.25) is 0 Å². The lowest BCUT2D eigenvalue weighted by molar-refractivity contribution is -0.140. The molecule has 4 N–H and O–H groups in total. The van der Waals surface area contributed by atoms with Crippen LogP contribution in [0.1, 0.15) is 27.2 Å². The molecular weight excluding hydrogens is 671 g/mol. The largest absolute Gasteiger partial charge is 0.506 e. The number of carbonyl (C=O) groups excluding carboxylic acids is 4. The van der Waals surface area contributed by atoms with E-state index in [1.165, 1.54) is 27.3 Å². The normalized spacial score (nSPS) is 14.6. The van der Waals surface area contributed by atoms with Crippen molar-refractivity contribution in [3.8, 4) is 0 Å². The molecule has 0 unspecified atom stereocenters. The zero-order valence-electron chi connectivity index (χ0n) is 23.0. The molecule has 1 aromatic carbocycles. The van der Waals surface area contributed by atoms with Crippen molar-refractivity contribution in [1.29, 1.82) is 0 Å². The summed E-state index contributed by atoms with van der Waals surface area (Å²) in [6.45, 7) is 2.62. The van der Waals surface area contributed by atoms with Crippen LogP contribution in [0.25, 0.3) is 0 Å². The third-order valence-corrected chi connectivity index (χ3v) is 8.14. The van der Waals surface area contributed by atoms with Crippen molar-refractivity contribution in [2.75, 3.05) is 31.9 Å². The van der Waals surface area contributed by atoms with Gasteiger partial charge in [0.15, 0.2) is 11.4 Å². The number of methoxy groups -OCH3 is 2. The van der Waals surface area contributed by atoms with Crippen LogP contribution in [-0.2, 0) is 35.0 Å². The Hall–Kier alpha value is -3.15. The molecule has 0 spiro atoms. The van der Waals surface area contributed by atoms with Gasteiger partial charge in [0, 0.05) is 18.6 Å². The van der Waals surface area contributed by atoms with Gasteiger partial charge in [-0.15, -0.1) is 11.3 Å². The predicted molar refractivity (Wildman–Crippen MR) is 157 cm³/mol. The molecule has 0 bridgehead atoms. The van der Waals surface area contributed by atoms with E-state index in [2.05, 4.69) is 20.9 Å². The smallest absolute Gasteiger partial charge is 0.450 e. The first-order valence-corrected chi connectivity index (χ1v) is 14.7. The lowest BCUT2D eigenvalue weighted by Gasteiger charge is -2.30. The van der Waals surface area contributed by atoms with Gasteiger partial charge in [0.2, 0.25) is 11.8 Å². The molecule has 4 atom stereocenters. The number of benzene rings is 1. The summed E-state index contributed by atoms with van der Waals surface area (Å²) in [6.07, 6.45) is -0.212. The number of hydrogen-bond donors (Lipinski definition) is 4. The van der Waals surface area contributed by atoms with E-state index in [4.69, 9.17) is 14.2 Å². The van der Waals surface area contributed by atoms with Crippen molar-refractivity contribution < 1.29 is 43.3 Å². The minimum absolute atomic E-state index is 0.00697. The molecule has 41 heavy (non-hydrogen) atoms. The van der Waals surface area contributed by atoms with Gasteiger partial charge in [-0.3, -0.25) is 19.2 Å². The van der Waals surface area contributed by atoms with Crippen LogP contribution in [0, 0.1) is 6.92 Å². The van der Waals surface area contributed by atoms with Crippen molar-refractivity contribution in [3.63, 3.8) is 0 Å². The number of ether oxygens (including phenoxy) is 3. The van der Waals surface area contributed by atoms with Crippen LogP contribution >= 0.6 is 33.9 Å². The minimum Gasteiger partial charge on any atom is -0.450 e. The van der Waals surface area contributed by atoms with Crippen molar-refractivity contribution in [2.45, 2.75) is 44.0 Å². The van der Waals surface area contributed by atoms with E-state index < -0.39 is 53.4 Å². The Bertz CT molecular complexity index is 1210. The highest BCUT2D eigenvalue weighted by atomic mass is 127. The maximum absolute atomic E-state index is 13.5. The summed E-state index contributed by atoms with van der Waals surface area (Å²) in [6, 6.07) is 5.18. The topological polar surface area (TPSA) is 182 Å². The van der Waals surface area contributed by atoms with Gasteiger partial charge in [-0.05, 0) is 25.8 Å². The third kappa shape index (κ3) is 10.3. The fraction of sp³-hybridized carbons (Fsp3) is 0.462. The Morgan fingerprint density at radius 3 is 2.02 bits per heavy atom. The molecule has 0 aliphatic rings. The van der Waals surface area contributed by atoms with Crippen LogP contribution in [0.15, 0.2) is 36.5 Å². The highest BCUT2D eigenvalue weighted by Gasteiger charge is 2.42. The van der Waals surface area contributed by atoms with E-state index in [0.717, 1.165) is 11.3 Å². The summed E-state index contributed by atoms with van der Waals surface area (Å²) in [5, 5.41) is 17.6. The first-order valence-electron chi connectivity index (χ1n) is 12.3. The van der Waals surface area contributed by atoms with Crippen molar-refractivity contribution in [2.24, 2.45) is 0 Å². The molecule has 0 saturated carbocycles. The molecule has 0 radical (unpaired) electrons. The van der Waals surface area contributed by atoms with E-state index in [1.54, 1.807) is 37.3 Å². The second-order valence-electron chi connectivity index (χ2n) is 9.09. The molecule has 0 fully saturated rings. The van der Waals surface area contributed by atoms with Gasteiger partial charge in [0.25, 0.3) is 5.91 Å². The van der Waals surface area contributed by atoms with Gasteiger partial charge >= 0.3 is 6.16 Å². The average Bonchev–Trinajstić information content (AvgIpc) is 3.38. The molecule has 3 amide bonds. The summed E-state index contributed by atoms with van der Waals surface area (Å²) in [7, 11) is 2.68. The molecule has 15 heteroatoms. The third-order valence-electron chi connectivity index (χ3n) is 5.77. The van der Waals surface area contributed by atoms with Crippen molar-refractivity contribution in [3.05, 3.63) is 52.0 Å². The number of thiazole rings is 1. The van der Waals surface area contributed by atoms with E-state index >= 15 is 0 Å². The van der Waals surface area contributed by atoms with Crippen LogP contribution in [0.3, 0.4) is 0 Å². The quantitative estimate of drug-likeness (QED) is 0.114. The fourth-order valence-electron chi connectivity index (χ4n) is 3.70. The summed E-state index contributed by atoms with van der Waals surface area (Å²) < 4.78 is 15.1. The average molecular weight is 705 g/mol. The van der Waals surface area contributed by atoms with Gasteiger partial charge < -0.3 is 35.3 Å². The van der Waals surface area contributed by atoms with Gasteiger partial charge in [0.05, 0.1) is 30.5 Å². The van der Waals surface area contributed by atoms with E-state index in [0.29, 0.717) is 15.4 Å².